The van der Waals surface area contributed by atoms with Crippen LogP contribution in [0.5, 0.6) is 0 Å². The number of aromatic nitrogens is 2. The van der Waals surface area contributed by atoms with E-state index in [1.165, 1.54) is 16.2 Å². The average Bonchev–Trinajstić information content (AvgIpc) is 2.97. The van der Waals surface area contributed by atoms with Crippen molar-refractivity contribution in [1.29, 1.82) is 0 Å². The van der Waals surface area contributed by atoms with Gasteiger partial charge in [0.25, 0.3) is 5.56 Å². The van der Waals surface area contributed by atoms with E-state index in [0.29, 0.717) is 23.5 Å². The second-order valence-electron chi connectivity index (χ2n) is 12.1. The SMILES string of the molecule is C=C(Nc1cccc(-c2cn(C)c(=O)c(Nc3ccc(CN(CC)CCC)c(F)c3)n2)c1C)c1ccc(C(C)(C)C)cc1. The van der Waals surface area contributed by atoms with Crippen LogP contribution in [0.15, 0.2) is 78.2 Å². The molecule has 0 atom stereocenters. The van der Waals surface area contributed by atoms with Crippen molar-refractivity contribution < 1.29 is 4.39 Å². The van der Waals surface area contributed by atoms with Gasteiger partial charge in [-0.15, -0.1) is 0 Å². The molecule has 0 saturated carbocycles. The fraction of sp³-hybridized carbons (Fsp3) is 0.333. The fourth-order valence-electron chi connectivity index (χ4n) is 5.07. The van der Waals surface area contributed by atoms with Gasteiger partial charge in [0, 0.05) is 48.0 Å². The lowest BCUT2D eigenvalue weighted by Gasteiger charge is -2.20. The van der Waals surface area contributed by atoms with Crippen LogP contribution in [0.1, 0.15) is 63.3 Å². The largest absolute Gasteiger partial charge is 0.355 e. The molecule has 0 saturated heterocycles. The van der Waals surface area contributed by atoms with Crippen LogP contribution in [0.25, 0.3) is 17.0 Å². The highest BCUT2D eigenvalue weighted by molar-refractivity contribution is 5.80. The van der Waals surface area contributed by atoms with Crippen molar-refractivity contribution in [1.82, 2.24) is 14.5 Å². The van der Waals surface area contributed by atoms with Gasteiger partial charge in [-0.2, -0.15) is 0 Å². The summed E-state index contributed by atoms with van der Waals surface area (Å²) in [6.45, 7) is 19.4. The first-order valence-corrected chi connectivity index (χ1v) is 14.9. The Morgan fingerprint density at radius 3 is 2.42 bits per heavy atom. The molecule has 3 aromatic carbocycles. The van der Waals surface area contributed by atoms with Crippen LogP contribution in [-0.2, 0) is 19.0 Å². The molecule has 2 N–H and O–H groups in total. The van der Waals surface area contributed by atoms with Gasteiger partial charge in [-0.3, -0.25) is 9.69 Å². The highest BCUT2D eigenvalue weighted by Crippen LogP contribution is 2.31. The number of aryl methyl sites for hydroxylation is 1. The Morgan fingerprint density at radius 1 is 1.07 bits per heavy atom. The fourth-order valence-corrected chi connectivity index (χ4v) is 5.07. The van der Waals surface area contributed by atoms with Gasteiger partial charge in [-0.1, -0.05) is 83.7 Å². The van der Waals surface area contributed by atoms with Crippen LogP contribution < -0.4 is 16.2 Å². The van der Waals surface area contributed by atoms with E-state index >= 15 is 4.39 Å². The predicted molar refractivity (Wildman–Crippen MR) is 178 cm³/mol. The van der Waals surface area contributed by atoms with Gasteiger partial charge in [-0.05, 0) is 66.7 Å². The number of hydrogen-bond acceptors (Lipinski definition) is 5. The molecular weight excluding hydrogens is 537 g/mol. The molecule has 4 rings (SSSR count). The van der Waals surface area contributed by atoms with Crippen LogP contribution in [-0.4, -0.2) is 27.5 Å². The molecule has 226 valence electrons. The molecule has 7 heteroatoms. The van der Waals surface area contributed by atoms with Crippen molar-refractivity contribution >= 4 is 22.9 Å². The minimum Gasteiger partial charge on any atom is -0.355 e. The van der Waals surface area contributed by atoms with Crippen molar-refractivity contribution in [3.05, 3.63) is 112 Å². The molecule has 0 unspecified atom stereocenters. The average molecular weight is 582 g/mol. The highest BCUT2D eigenvalue weighted by atomic mass is 19.1. The molecule has 0 radical (unpaired) electrons. The van der Waals surface area contributed by atoms with Crippen LogP contribution in [0.2, 0.25) is 0 Å². The summed E-state index contributed by atoms with van der Waals surface area (Å²) in [5, 5.41) is 6.52. The Balaban J connectivity index is 1.58. The zero-order chi connectivity index (χ0) is 31.3. The predicted octanol–water partition coefficient (Wildman–Crippen LogP) is 8.25. The molecule has 1 heterocycles. The second-order valence-corrected chi connectivity index (χ2v) is 12.1. The van der Waals surface area contributed by atoms with Crippen LogP contribution in [0, 0.1) is 12.7 Å². The number of halogens is 1. The number of benzene rings is 3. The van der Waals surface area contributed by atoms with E-state index in [0.717, 1.165) is 47.6 Å². The molecule has 0 bridgehead atoms. The smallest absolute Gasteiger partial charge is 0.293 e. The van der Waals surface area contributed by atoms with Crippen LogP contribution in [0.4, 0.5) is 21.6 Å². The van der Waals surface area contributed by atoms with E-state index in [4.69, 9.17) is 0 Å². The lowest BCUT2D eigenvalue weighted by atomic mass is 9.86. The quantitative estimate of drug-likeness (QED) is 0.187. The molecule has 1 aromatic heterocycles. The summed E-state index contributed by atoms with van der Waals surface area (Å²) in [4.78, 5) is 19.9. The normalized spacial score (nSPS) is 11.6. The third-order valence-corrected chi connectivity index (χ3v) is 7.76. The Labute approximate surface area is 255 Å². The molecule has 43 heavy (non-hydrogen) atoms. The van der Waals surface area contributed by atoms with Crippen LogP contribution >= 0.6 is 0 Å². The van der Waals surface area contributed by atoms with Crippen molar-refractivity contribution in [2.24, 2.45) is 7.05 Å². The Kier molecular flexibility index (Phi) is 9.87. The van der Waals surface area contributed by atoms with Gasteiger partial charge >= 0.3 is 0 Å². The van der Waals surface area contributed by atoms with E-state index in [1.807, 2.05) is 25.1 Å². The van der Waals surface area contributed by atoms with Gasteiger partial charge in [0.15, 0.2) is 5.82 Å². The van der Waals surface area contributed by atoms with E-state index in [1.54, 1.807) is 25.4 Å². The summed E-state index contributed by atoms with van der Waals surface area (Å²) in [6, 6.07) is 19.4. The Morgan fingerprint density at radius 2 is 1.79 bits per heavy atom. The van der Waals surface area contributed by atoms with Gasteiger partial charge in [0.05, 0.1) is 5.69 Å². The summed E-state index contributed by atoms with van der Waals surface area (Å²) in [6.07, 6.45) is 2.73. The third-order valence-electron chi connectivity index (χ3n) is 7.76. The summed E-state index contributed by atoms with van der Waals surface area (Å²) >= 11 is 0. The number of hydrogen-bond donors (Lipinski definition) is 2. The lowest BCUT2D eigenvalue weighted by molar-refractivity contribution is 0.276. The molecule has 6 nitrogen and oxygen atoms in total. The number of nitrogens with zero attached hydrogens (tertiary/aromatic N) is 3. The zero-order valence-electron chi connectivity index (χ0n) is 26.5. The summed E-state index contributed by atoms with van der Waals surface area (Å²) in [5.74, 6) is -0.176. The second kappa shape index (κ2) is 13.4. The molecule has 0 aliphatic heterocycles. The summed E-state index contributed by atoms with van der Waals surface area (Å²) in [5.41, 5.74) is 7.31. The van der Waals surface area contributed by atoms with Gasteiger partial charge < -0.3 is 15.2 Å². The molecule has 0 amide bonds. The van der Waals surface area contributed by atoms with Gasteiger partial charge in [0.2, 0.25) is 0 Å². The topological polar surface area (TPSA) is 62.2 Å². The van der Waals surface area contributed by atoms with Crippen molar-refractivity contribution in [2.75, 3.05) is 23.7 Å². The van der Waals surface area contributed by atoms with Crippen molar-refractivity contribution in [3.63, 3.8) is 0 Å². The zero-order valence-corrected chi connectivity index (χ0v) is 26.5. The third kappa shape index (κ3) is 7.59. The Bertz CT molecular complexity index is 1650. The molecule has 4 aromatic rings. The summed E-state index contributed by atoms with van der Waals surface area (Å²) in [7, 11) is 1.69. The minimum atomic E-state index is -0.310. The monoisotopic (exact) mass is 581 g/mol. The molecule has 0 spiro atoms. The number of rotatable bonds is 11. The van der Waals surface area contributed by atoms with E-state index in [9.17, 15) is 4.79 Å². The summed E-state index contributed by atoms with van der Waals surface area (Å²) < 4.78 is 16.5. The van der Waals surface area contributed by atoms with E-state index in [2.05, 4.69) is 86.0 Å². The maximum atomic E-state index is 15.0. The molecule has 0 aliphatic rings. The maximum Gasteiger partial charge on any atom is 0.293 e. The molecule has 0 fully saturated rings. The van der Waals surface area contributed by atoms with Crippen LogP contribution in [0.3, 0.4) is 0 Å². The first-order valence-electron chi connectivity index (χ1n) is 14.9. The van der Waals surface area contributed by atoms with E-state index < -0.39 is 0 Å². The first kappa shape index (κ1) is 31.7. The van der Waals surface area contributed by atoms with Crippen molar-refractivity contribution in [3.8, 4) is 11.3 Å². The van der Waals surface area contributed by atoms with E-state index in [-0.39, 0.29) is 22.6 Å². The first-order chi connectivity index (χ1) is 20.4. The lowest BCUT2D eigenvalue weighted by Crippen LogP contribution is -2.24. The maximum absolute atomic E-state index is 15.0. The molecular formula is C36H44FN5O. The Hall–Kier alpha value is -4.23. The number of anilines is 3. The highest BCUT2D eigenvalue weighted by Gasteiger charge is 2.16. The standard InChI is InChI=1S/C36H44FN5O/c1-9-20-42(10-2)22-27-16-19-29(21-31(27)37)39-34-35(43)41(8)23-33(40-34)30-12-11-13-32(24(30)3)38-25(4)26-14-17-28(18-15-26)36(5,6)7/h11-19,21,23,38H,4,9-10,20,22H2,1-3,5-8H3,(H,39,40). The van der Waals surface area contributed by atoms with Crippen molar-refractivity contribution in [2.45, 2.75) is 59.9 Å². The van der Waals surface area contributed by atoms with Gasteiger partial charge in [-0.25, -0.2) is 9.37 Å². The van der Waals surface area contributed by atoms with Gasteiger partial charge in [0.1, 0.15) is 5.82 Å². The number of nitrogens with one attached hydrogen (secondary N) is 2. The minimum absolute atomic E-state index is 0.0805. The molecule has 0 aliphatic carbocycles.